The van der Waals surface area contributed by atoms with Crippen LogP contribution in [-0.4, -0.2) is 0 Å². The molecule has 0 N–H and O–H groups in total. The smallest absolute Gasteiger partial charge is 0.0130 e. The van der Waals surface area contributed by atoms with Gasteiger partial charge in [0.1, 0.15) is 0 Å². The van der Waals surface area contributed by atoms with Crippen LogP contribution in [0.3, 0.4) is 0 Å². The summed E-state index contributed by atoms with van der Waals surface area (Å²) in [6.07, 6.45) is 22.5. The van der Waals surface area contributed by atoms with Crippen LogP contribution in [0.4, 0.5) is 0 Å². The zero-order chi connectivity index (χ0) is 8.49. The summed E-state index contributed by atoms with van der Waals surface area (Å²) in [5, 5.41) is 0. The highest BCUT2D eigenvalue weighted by Crippen LogP contribution is 1.98. The lowest BCUT2D eigenvalue weighted by Gasteiger charge is -1.88. The molecule has 0 fully saturated rings. The first-order chi connectivity index (χ1) is 6.00. The summed E-state index contributed by atoms with van der Waals surface area (Å²) in [6, 6.07) is 0. The molecular weight excluding hydrogens is 144 g/mol. The zero-order valence-corrected chi connectivity index (χ0v) is 7.32. The van der Waals surface area contributed by atoms with Crippen molar-refractivity contribution in [1.29, 1.82) is 0 Å². The number of hydrogen-bond donors (Lipinski definition) is 0. The Kier molecular flexibility index (Phi) is 5.02. The summed E-state index contributed by atoms with van der Waals surface area (Å²) in [4.78, 5) is 0. The Morgan fingerprint density at radius 1 is 0.583 bits per heavy atom. The lowest BCUT2D eigenvalue weighted by Crippen LogP contribution is -1.68. The maximum absolute atomic E-state index is 2.20. The minimum Gasteiger partial charge on any atom is -0.0842 e. The van der Waals surface area contributed by atoms with Crippen LogP contribution in [0, 0.1) is 6.42 Å². The van der Waals surface area contributed by atoms with Gasteiger partial charge in [-0.15, -0.1) is 0 Å². The Labute approximate surface area is 75.0 Å². The molecule has 1 rings (SSSR count). The molecule has 0 heteroatoms. The van der Waals surface area contributed by atoms with Crippen molar-refractivity contribution in [2.24, 2.45) is 0 Å². The molecule has 0 aromatic heterocycles. The Bertz CT molecular complexity index is 156. The molecule has 0 aliphatic heterocycles. The second-order valence-electron chi connectivity index (χ2n) is 2.72. The fraction of sp³-hybridized carbons (Fsp3) is 0.250. The molecule has 0 nitrogen and oxygen atoms in total. The molecule has 0 spiro atoms. The predicted molar refractivity (Wildman–Crippen MR) is 54.7 cm³/mol. The first-order valence-corrected chi connectivity index (χ1v) is 4.47. The van der Waals surface area contributed by atoms with Gasteiger partial charge in [0.2, 0.25) is 0 Å². The summed E-state index contributed by atoms with van der Waals surface area (Å²) >= 11 is 0. The van der Waals surface area contributed by atoms with E-state index in [1.54, 1.807) is 0 Å². The summed E-state index contributed by atoms with van der Waals surface area (Å²) in [6.45, 7) is 0. The van der Waals surface area contributed by atoms with Gasteiger partial charge in [-0.2, -0.15) is 0 Å². The van der Waals surface area contributed by atoms with Crippen LogP contribution >= 0.6 is 0 Å². The number of hydrogen-bond acceptors (Lipinski definition) is 0. The minimum absolute atomic E-state index is 1.02. The SMILES string of the molecule is [CH]1/C=C\C=C\CC/C=C/C=C\C1. The van der Waals surface area contributed by atoms with Crippen LogP contribution in [0.1, 0.15) is 19.3 Å². The van der Waals surface area contributed by atoms with Crippen molar-refractivity contribution in [2.75, 3.05) is 0 Å². The van der Waals surface area contributed by atoms with E-state index in [4.69, 9.17) is 0 Å². The van der Waals surface area contributed by atoms with Crippen molar-refractivity contribution in [2.45, 2.75) is 19.3 Å². The molecule has 1 aliphatic carbocycles. The molecule has 0 bridgehead atoms. The van der Waals surface area contributed by atoms with Gasteiger partial charge in [-0.25, -0.2) is 0 Å². The highest BCUT2D eigenvalue weighted by atomic mass is 13.8. The second kappa shape index (κ2) is 6.66. The van der Waals surface area contributed by atoms with E-state index in [1.807, 2.05) is 0 Å². The van der Waals surface area contributed by atoms with Gasteiger partial charge in [0.25, 0.3) is 0 Å². The van der Waals surface area contributed by atoms with Crippen molar-refractivity contribution in [3.63, 3.8) is 0 Å². The Morgan fingerprint density at radius 2 is 1.25 bits per heavy atom. The average Bonchev–Trinajstić information content (AvgIpc) is 2.05. The highest BCUT2D eigenvalue weighted by Gasteiger charge is 1.78. The van der Waals surface area contributed by atoms with Gasteiger partial charge in [0, 0.05) is 0 Å². The van der Waals surface area contributed by atoms with Gasteiger partial charge < -0.3 is 0 Å². The number of allylic oxidation sites excluding steroid dienone is 8. The monoisotopic (exact) mass is 159 g/mol. The van der Waals surface area contributed by atoms with Gasteiger partial charge in [0.05, 0.1) is 0 Å². The third-order valence-electron chi connectivity index (χ3n) is 1.65. The van der Waals surface area contributed by atoms with Crippen molar-refractivity contribution in [3.8, 4) is 0 Å². The molecule has 63 valence electrons. The summed E-state index contributed by atoms with van der Waals surface area (Å²) in [5.41, 5.74) is 0. The molecular formula is C12H15. The third-order valence-corrected chi connectivity index (χ3v) is 1.65. The van der Waals surface area contributed by atoms with Gasteiger partial charge >= 0.3 is 0 Å². The normalized spacial score (nSPS) is 29.3. The maximum atomic E-state index is 2.20. The Morgan fingerprint density at radius 3 is 2.08 bits per heavy atom. The van der Waals surface area contributed by atoms with E-state index >= 15 is 0 Å². The van der Waals surface area contributed by atoms with Crippen molar-refractivity contribution in [1.82, 2.24) is 0 Å². The Hall–Kier alpha value is -1.04. The van der Waals surface area contributed by atoms with Crippen LogP contribution in [-0.2, 0) is 0 Å². The van der Waals surface area contributed by atoms with Gasteiger partial charge in [-0.1, -0.05) is 48.6 Å². The van der Waals surface area contributed by atoms with Gasteiger partial charge in [0.15, 0.2) is 0 Å². The van der Waals surface area contributed by atoms with Crippen LogP contribution in [0.5, 0.6) is 0 Å². The lowest BCUT2D eigenvalue weighted by atomic mass is 10.2. The number of rotatable bonds is 0. The average molecular weight is 159 g/mol. The van der Waals surface area contributed by atoms with Gasteiger partial charge in [-0.05, 0) is 25.7 Å². The van der Waals surface area contributed by atoms with E-state index in [1.165, 1.54) is 0 Å². The van der Waals surface area contributed by atoms with Crippen molar-refractivity contribution >= 4 is 0 Å². The summed E-state index contributed by atoms with van der Waals surface area (Å²) in [5.74, 6) is 0. The standard InChI is InChI=1S/C12H15/c1-2-4-6-8-10-12-11-9-7-5-3-1/h1-5,8,10-12H,6-7,9H2/b2-1-,5-3+,10-8-,12-11+. The minimum atomic E-state index is 1.02. The lowest BCUT2D eigenvalue weighted by molar-refractivity contribution is 1.05. The second-order valence-corrected chi connectivity index (χ2v) is 2.72. The molecule has 0 heterocycles. The molecule has 0 unspecified atom stereocenters. The third kappa shape index (κ3) is 4.73. The predicted octanol–water partition coefficient (Wildman–Crippen LogP) is 3.60. The van der Waals surface area contributed by atoms with Crippen molar-refractivity contribution in [3.05, 3.63) is 55.0 Å². The molecule has 1 radical (unpaired) electrons. The molecule has 0 aromatic carbocycles. The Balaban J connectivity index is 2.40. The van der Waals surface area contributed by atoms with E-state index < -0.39 is 0 Å². The topological polar surface area (TPSA) is 0 Å². The van der Waals surface area contributed by atoms with E-state index in [-0.39, 0.29) is 0 Å². The first-order valence-electron chi connectivity index (χ1n) is 4.47. The van der Waals surface area contributed by atoms with Crippen LogP contribution in [0.2, 0.25) is 0 Å². The molecule has 1 aliphatic rings. The van der Waals surface area contributed by atoms with E-state index in [0.717, 1.165) is 19.3 Å². The van der Waals surface area contributed by atoms with Crippen LogP contribution in [0.15, 0.2) is 48.6 Å². The molecule has 0 aromatic rings. The highest BCUT2D eigenvalue weighted by molar-refractivity contribution is 5.12. The van der Waals surface area contributed by atoms with Crippen LogP contribution < -0.4 is 0 Å². The van der Waals surface area contributed by atoms with Crippen LogP contribution in [0.25, 0.3) is 0 Å². The molecule has 0 amide bonds. The molecule has 0 atom stereocenters. The zero-order valence-electron chi connectivity index (χ0n) is 7.32. The van der Waals surface area contributed by atoms with E-state index in [0.29, 0.717) is 0 Å². The maximum Gasteiger partial charge on any atom is -0.0130 e. The van der Waals surface area contributed by atoms with E-state index in [2.05, 4.69) is 55.0 Å². The molecule has 0 saturated heterocycles. The summed E-state index contributed by atoms with van der Waals surface area (Å²) < 4.78 is 0. The van der Waals surface area contributed by atoms with E-state index in [9.17, 15) is 0 Å². The fourth-order valence-electron chi connectivity index (χ4n) is 0.999. The molecule has 12 heavy (non-hydrogen) atoms. The van der Waals surface area contributed by atoms with Crippen molar-refractivity contribution < 1.29 is 0 Å². The van der Waals surface area contributed by atoms with Gasteiger partial charge in [-0.3, -0.25) is 0 Å². The summed E-state index contributed by atoms with van der Waals surface area (Å²) in [7, 11) is 0. The molecule has 0 saturated carbocycles. The largest absolute Gasteiger partial charge is 0.0842 e. The fourth-order valence-corrected chi connectivity index (χ4v) is 0.999. The first kappa shape index (κ1) is 9.05. The quantitative estimate of drug-likeness (QED) is 0.506.